The molecule has 0 spiro atoms. The highest BCUT2D eigenvalue weighted by Gasteiger charge is 2.26. The number of nitrogens with two attached hydrogens (primary N) is 3. The van der Waals surface area contributed by atoms with Crippen molar-refractivity contribution < 1.29 is 44.1 Å². The van der Waals surface area contributed by atoms with E-state index in [0.29, 0.717) is 0 Å². The van der Waals surface area contributed by atoms with Gasteiger partial charge in [0.05, 0.1) is 19.0 Å². The Bertz CT molecular complexity index is 768. The maximum atomic E-state index is 12.3. The molecular formula is C17H29N7O9. The Balaban J connectivity index is 4.88. The van der Waals surface area contributed by atoms with Crippen molar-refractivity contribution in [1.29, 1.82) is 0 Å². The van der Waals surface area contributed by atoms with E-state index in [2.05, 4.69) is 20.9 Å². The molecule has 0 saturated carbocycles. The van der Waals surface area contributed by atoms with Crippen LogP contribution in [0.15, 0.2) is 4.99 Å². The lowest BCUT2D eigenvalue weighted by molar-refractivity contribution is -0.142. The minimum absolute atomic E-state index is 0.00452. The van der Waals surface area contributed by atoms with Crippen molar-refractivity contribution in [3.05, 3.63) is 0 Å². The second kappa shape index (κ2) is 15.0. The van der Waals surface area contributed by atoms with Crippen LogP contribution < -0.4 is 33.2 Å². The van der Waals surface area contributed by atoms with Gasteiger partial charge in [0.2, 0.25) is 17.7 Å². The highest BCUT2D eigenvalue weighted by atomic mass is 16.4. The number of hydrogen-bond acceptors (Lipinski definition) is 8. The van der Waals surface area contributed by atoms with Gasteiger partial charge in [-0.3, -0.25) is 29.0 Å². The molecule has 0 aliphatic rings. The SMILES string of the molecule is NC(N)=NCCCC(NC(=O)CNC(=O)C(CCC(=O)O)NC(=O)C(N)CC(=O)O)C(=O)O. The first-order valence-corrected chi connectivity index (χ1v) is 9.68. The zero-order valence-corrected chi connectivity index (χ0v) is 17.7. The number of carboxylic acids is 3. The van der Waals surface area contributed by atoms with Crippen molar-refractivity contribution in [2.24, 2.45) is 22.2 Å². The molecule has 3 amide bonds. The summed E-state index contributed by atoms with van der Waals surface area (Å²) in [5.74, 6) is -6.91. The summed E-state index contributed by atoms with van der Waals surface area (Å²) in [6.45, 7) is -0.523. The van der Waals surface area contributed by atoms with E-state index in [1.54, 1.807) is 0 Å². The van der Waals surface area contributed by atoms with Gasteiger partial charge in [-0.15, -0.1) is 0 Å². The molecule has 33 heavy (non-hydrogen) atoms. The maximum absolute atomic E-state index is 12.3. The van der Waals surface area contributed by atoms with Crippen LogP contribution in [-0.2, 0) is 28.8 Å². The van der Waals surface area contributed by atoms with E-state index < -0.39 is 73.1 Å². The van der Waals surface area contributed by atoms with Crippen molar-refractivity contribution in [3.8, 4) is 0 Å². The van der Waals surface area contributed by atoms with Crippen LogP contribution >= 0.6 is 0 Å². The molecule has 0 fully saturated rings. The number of carbonyl (C=O) groups is 6. The summed E-state index contributed by atoms with van der Waals surface area (Å²) in [4.78, 5) is 72.7. The molecule has 16 heteroatoms. The molecule has 3 atom stereocenters. The Labute approximate surface area is 187 Å². The lowest BCUT2D eigenvalue weighted by Gasteiger charge is -2.20. The quantitative estimate of drug-likeness (QED) is 0.0584. The molecule has 16 nitrogen and oxygen atoms in total. The third-order valence-corrected chi connectivity index (χ3v) is 4.01. The summed E-state index contributed by atoms with van der Waals surface area (Å²) >= 11 is 0. The van der Waals surface area contributed by atoms with Crippen molar-refractivity contribution in [1.82, 2.24) is 16.0 Å². The molecule has 0 bridgehead atoms. The van der Waals surface area contributed by atoms with Crippen LogP contribution in [0, 0.1) is 0 Å². The normalized spacial score (nSPS) is 13.0. The number of carbonyl (C=O) groups excluding carboxylic acids is 3. The molecule has 0 aromatic heterocycles. The predicted octanol–water partition coefficient (Wildman–Crippen LogP) is -4.12. The average molecular weight is 475 g/mol. The Morgan fingerprint density at radius 3 is 2.00 bits per heavy atom. The van der Waals surface area contributed by atoms with E-state index >= 15 is 0 Å². The number of rotatable bonds is 16. The van der Waals surface area contributed by atoms with Gasteiger partial charge in [-0.25, -0.2) is 4.79 Å². The van der Waals surface area contributed by atoms with E-state index in [-0.39, 0.29) is 31.8 Å². The third kappa shape index (κ3) is 13.9. The Morgan fingerprint density at radius 1 is 0.848 bits per heavy atom. The largest absolute Gasteiger partial charge is 0.481 e. The van der Waals surface area contributed by atoms with Gasteiger partial charge in [0, 0.05) is 13.0 Å². The molecule has 0 rings (SSSR count). The van der Waals surface area contributed by atoms with Gasteiger partial charge in [0.25, 0.3) is 0 Å². The van der Waals surface area contributed by atoms with Gasteiger partial charge in [-0.05, 0) is 19.3 Å². The van der Waals surface area contributed by atoms with Crippen LogP contribution in [-0.4, -0.2) is 88.1 Å². The lowest BCUT2D eigenvalue weighted by Crippen LogP contribution is -2.53. The third-order valence-electron chi connectivity index (χ3n) is 4.01. The molecule has 0 heterocycles. The van der Waals surface area contributed by atoms with Crippen LogP contribution in [0.3, 0.4) is 0 Å². The number of amides is 3. The summed E-state index contributed by atoms with van der Waals surface area (Å²) in [7, 11) is 0. The second-order valence-corrected chi connectivity index (χ2v) is 6.82. The maximum Gasteiger partial charge on any atom is 0.326 e. The molecule has 3 unspecified atom stereocenters. The monoisotopic (exact) mass is 475 g/mol. The van der Waals surface area contributed by atoms with Gasteiger partial charge >= 0.3 is 17.9 Å². The van der Waals surface area contributed by atoms with E-state index in [9.17, 15) is 33.9 Å². The van der Waals surface area contributed by atoms with Gasteiger partial charge in [0.1, 0.15) is 12.1 Å². The van der Waals surface area contributed by atoms with Crippen molar-refractivity contribution in [2.45, 2.75) is 50.2 Å². The fraction of sp³-hybridized carbons (Fsp3) is 0.588. The molecule has 0 aromatic carbocycles. The first kappa shape index (κ1) is 29.0. The van der Waals surface area contributed by atoms with E-state index in [0.717, 1.165) is 0 Å². The van der Waals surface area contributed by atoms with Crippen LogP contribution in [0.1, 0.15) is 32.1 Å². The Kier molecular flexibility index (Phi) is 13.2. The predicted molar refractivity (Wildman–Crippen MR) is 112 cm³/mol. The van der Waals surface area contributed by atoms with E-state index in [1.165, 1.54) is 0 Å². The minimum Gasteiger partial charge on any atom is -0.481 e. The summed E-state index contributed by atoms with van der Waals surface area (Å²) in [5, 5.41) is 33.2. The molecule has 186 valence electrons. The second-order valence-electron chi connectivity index (χ2n) is 6.82. The summed E-state index contributed by atoms with van der Waals surface area (Å²) in [5.41, 5.74) is 15.7. The van der Waals surface area contributed by atoms with Crippen LogP contribution in [0.5, 0.6) is 0 Å². The van der Waals surface area contributed by atoms with Crippen molar-refractivity contribution in [3.63, 3.8) is 0 Å². The highest BCUT2D eigenvalue weighted by molar-refractivity contribution is 5.93. The number of nitrogens with one attached hydrogen (secondary N) is 3. The zero-order valence-electron chi connectivity index (χ0n) is 17.7. The van der Waals surface area contributed by atoms with Crippen molar-refractivity contribution >= 4 is 41.6 Å². The topological polar surface area (TPSA) is 290 Å². The first-order chi connectivity index (χ1) is 15.3. The zero-order chi connectivity index (χ0) is 25.6. The van der Waals surface area contributed by atoms with Crippen LogP contribution in [0.4, 0.5) is 0 Å². The average Bonchev–Trinajstić information content (AvgIpc) is 2.70. The fourth-order valence-electron chi connectivity index (χ4n) is 2.39. The molecule has 0 aliphatic carbocycles. The van der Waals surface area contributed by atoms with Gasteiger partial charge in [-0.1, -0.05) is 0 Å². The molecule has 0 radical (unpaired) electrons. The molecule has 12 N–H and O–H groups in total. The van der Waals surface area contributed by atoms with Crippen LogP contribution in [0.25, 0.3) is 0 Å². The Morgan fingerprint density at radius 2 is 1.48 bits per heavy atom. The molecule has 0 aromatic rings. The van der Waals surface area contributed by atoms with E-state index in [4.69, 9.17) is 27.4 Å². The molecular weight excluding hydrogens is 446 g/mol. The van der Waals surface area contributed by atoms with Gasteiger partial charge in [-0.2, -0.15) is 0 Å². The highest BCUT2D eigenvalue weighted by Crippen LogP contribution is 2.01. The standard InChI is InChI=1S/C17H29N7O9/c18-8(6-13(28)29)14(30)24-9(3-4-12(26)27)15(31)22-7-11(25)23-10(16(32)33)2-1-5-21-17(19)20/h8-10H,1-7,18H2,(H,22,31)(H,23,25)(H,24,30)(H,26,27)(H,28,29)(H,32,33)(H4,19,20,21). The minimum atomic E-state index is -1.48. The Hall–Kier alpha value is -3.95. The van der Waals surface area contributed by atoms with Crippen LogP contribution in [0.2, 0.25) is 0 Å². The van der Waals surface area contributed by atoms with E-state index in [1.807, 2.05) is 0 Å². The number of aliphatic carboxylic acids is 3. The number of guanidine groups is 1. The summed E-state index contributed by atoms with van der Waals surface area (Å²) < 4.78 is 0. The summed E-state index contributed by atoms with van der Waals surface area (Å²) in [6, 6.07) is -4.18. The number of nitrogens with zero attached hydrogens (tertiary/aromatic N) is 1. The van der Waals surface area contributed by atoms with Crippen molar-refractivity contribution in [2.75, 3.05) is 13.1 Å². The lowest BCUT2D eigenvalue weighted by atomic mass is 10.1. The number of carboxylic acid groups (broad SMARTS) is 3. The smallest absolute Gasteiger partial charge is 0.326 e. The number of hydrogen-bond donors (Lipinski definition) is 9. The number of aliphatic imine (C=N–C) groups is 1. The fourth-order valence-corrected chi connectivity index (χ4v) is 2.39. The molecule has 0 saturated heterocycles. The first-order valence-electron chi connectivity index (χ1n) is 9.68. The molecule has 0 aliphatic heterocycles. The van der Waals surface area contributed by atoms with Gasteiger partial charge in [0.15, 0.2) is 5.96 Å². The van der Waals surface area contributed by atoms with Gasteiger partial charge < -0.3 is 48.5 Å². The summed E-state index contributed by atoms with van der Waals surface area (Å²) in [6.07, 6.45) is -1.35.